The van der Waals surface area contributed by atoms with Crippen molar-refractivity contribution in [3.63, 3.8) is 0 Å². The van der Waals surface area contributed by atoms with Crippen molar-refractivity contribution in [2.75, 3.05) is 6.61 Å². The lowest BCUT2D eigenvalue weighted by atomic mass is 9.90. The maximum atomic E-state index is 5.58. The highest BCUT2D eigenvalue weighted by molar-refractivity contribution is 7.03. The van der Waals surface area contributed by atoms with Gasteiger partial charge in [0.1, 0.15) is 0 Å². The molecule has 1 aromatic heterocycles. The van der Waals surface area contributed by atoms with Crippen molar-refractivity contribution in [3.05, 3.63) is 11.4 Å². The maximum Gasteiger partial charge on any atom is 0.225 e. The molecule has 13 heavy (non-hydrogen) atoms. The lowest BCUT2D eigenvalue weighted by Gasteiger charge is -2.20. The van der Waals surface area contributed by atoms with Gasteiger partial charge in [-0.05, 0) is 30.3 Å². The van der Waals surface area contributed by atoms with Gasteiger partial charge in [-0.2, -0.15) is 4.37 Å². The van der Waals surface area contributed by atoms with Gasteiger partial charge >= 0.3 is 0 Å². The zero-order valence-corrected chi connectivity index (χ0v) is 8.55. The van der Waals surface area contributed by atoms with Crippen molar-refractivity contribution in [3.8, 4) is 5.88 Å². The van der Waals surface area contributed by atoms with Crippen LogP contribution in [0.2, 0.25) is 0 Å². The standard InChI is InChI=1S/C10H15NOS/c1-2-4-9(5-3-1)8-12-10-6-7-13-11-10/h6-7,9H,1-5,8H2. The first-order valence-electron chi connectivity index (χ1n) is 4.98. The topological polar surface area (TPSA) is 22.1 Å². The number of hydrogen-bond acceptors (Lipinski definition) is 3. The molecule has 1 aliphatic rings. The lowest BCUT2D eigenvalue weighted by Crippen LogP contribution is -2.15. The minimum atomic E-state index is 0.774. The van der Waals surface area contributed by atoms with Crippen LogP contribution in [0.1, 0.15) is 32.1 Å². The fraction of sp³-hybridized carbons (Fsp3) is 0.700. The molecule has 0 unspecified atom stereocenters. The van der Waals surface area contributed by atoms with E-state index in [0.717, 1.165) is 18.4 Å². The fourth-order valence-electron chi connectivity index (χ4n) is 1.83. The normalized spacial score (nSPS) is 18.8. The summed E-state index contributed by atoms with van der Waals surface area (Å²) in [5.41, 5.74) is 0. The van der Waals surface area contributed by atoms with Crippen LogP contribution in [0.25, 0.3) is 0 Å². The SMILES string of the molecule is c1cc(OCC2CCCCC2)ns1. The molecule has 1 heterocycles. The summed E-state index contributed by atoms with van der Waals surface area (Å²) in [5, 5.41) is 1.95. The maximum absolute atomic E-state index is 5.58. The second-order valence-corrected chi connectivity index (χ2v) is 4.32. The molecule has 1 aromatic rings. The molecule has 0 aromatic carbocycles. The first kappa shape index (κ1) is 9.00. The Balaban J connectivity index is 1.72. The Bertz CT molecular complexity index is 229. The molecule has 72 valence electrons. The number of nitrogens with zero attached hydrogens (tertiary/aromatic N) is 1. The highest BCUT2D eigenvalue weighted by atomic mass is 32.1. The molecule has 0 saturated heterocycles. The van der Waals surface area contributed by atoms with Crippen molar-refractivity contribution in [1.29, 1.82) is 0 Å². The summed E-state index contributed by atoms with van der Waals surface area (Å²) < 4.78 is 9.70. The number of aromatic nitrogens is 1. The molecule has 2 rings (SSSR count). The van der Waals surface area contributed by atoms with E-state index < -0.39 is 0 Å². The number of ether oxygens (including phenoxy) is 1. The van der Waals surface area contributed by atoms with Crippen LogP contribution >= 0.6 is 11.5 Å². The summed E-state index contributed by atoms with van der Waals surface area (Å²) in [4.78, 5) is 0. The molecule has 1 saturated carbocycles. The average Bonchev–Trinajstić information content (AvgIpc) is 2.69. The van der Waals surface area contributed by atoms with E-state index in [-0.39, 0.29) is 0 Å². The summed E-state index contributed by atoms with van der Waals surface area (Å²) in [6.45, 7) is 0.865. The molecule has 1 aliphatic carbocycles. The van der Waals surface area contributed by atoms with Crippen LogP contribution in [0.4, 0.5) is 0 Å². The van der Waals surface area contributed by atoms with E-state index in [1.807, 2.05) is 11.4 Å². The van der Waals surface area contributed by atoms with Gasteiger partial charge in [0, 0.05) is 11.4 Å². The molecule has 0 aliphatic heterocycles. The Hall–Kier alpha value is -0.570. The predicted octanol–water partition coefficient (Wildman–Crippen LogP) is 3.10. The van der Waals surface area contributed by atoms with E-state index in [1.165, 1.54) is 43.6 Å². The van der Waals surface area contributed by atoms with Gasteiger partial charge in [0.2, 0.25) is 5.88 Å². The van der Waals surface area contributed by atoms with Gasteiger partial charge in [-0.15, -0.1) is 0 Å². The molecular formula is C10H15NOS. The average molecular weight is 197 g/mol. The largest absolute Gasteiger partial charge is 0.477 e. The highest BCUT2D eigenvalue weighted by Crippen LogP contribution is 2.24. The van der Waals surface area contributed by atoms with Gasteiger partial charge in [0.15, 0.2) is 0 Å². The lowest BCUT2D eigenvalue weighted by molar-refractivity contribution is 0.204. The Morgan fingerprint density at radius 2 is 2.23 bits per heavy atom. The second-order valence-electron chi connectivity index (χ2n) is 3.65. The molecule has 0 atom stereocenters. The van der Waals surface area contributed by atoms with Gasteiger partial charge in [0.25, 0.3) is 0 Å². The van der Waals surface area contributed by atoms with Crippen molar-refractivity contribution in [1.82, 2.24) is 4.37 Å². The smallest absolute Gasteiger partial charge is 0.225 e. The van der Waals surface area contributed by atoms with Gasteiger partial charge < -0.3 is 4.74 Å². The molecular weight excluding hydrogens is 182 g/mol. The summed E-state index contributed by atoms with van der Waals surface area (Å²) in [6.07, 6.45) is 6.84. The van der Waals surface area contributed by atoms with E-state index in [2.05, 4.69) is 4.37 Å². The molecule has 3 heteroatoms. The van der Waals surface area contributed by atoms with Crippen molar-refractivity contribution in [2.24, 2.45) is 5.92 Å². The molecule has 0 amide bonds. The van der Waals surface area contributed by atoms with Crippen molar-refractivity contribution in [2.45, 2.75) is 32.1 Å². The fourth-order valence-corrected chi connectivity index (χ4v) is 2.29. The van der Waals surface area contributed by atoms with Gasteiger partial charge in [0.05, 0.1) is 6.61 Å². The minimum Gasteiger partial charge on any atom is -0.477 e. The molecule has 1 fully saturated rings. The van der Waals surface area contributed by atoms with Gasteiger partial charge in [-0.25, -0.2) is 0 Å². The first-order chi connectivity index (χ1) is 6.45. The Kier molecular flexibility index (Phi) is 3.19. The van der Waals surface area contributed by atoms with Crippen LogP contribution in [0, 0.1) is 5.92 Å². The molecule has 0 N–H and O–H groups in total. The third-order valence-electron chi connectivity index (χ3n) is 2.61. The second kappa shape index (κ2) is 4.61. The summed E-state index contributed by atoms with van der Waals surface area (Å²) in [6, 6.07) is 1.94. The highest BCUT2D eigenvalue weighted by Gasteiger charge is 2.13. The third kappa shape index (κ3) is 2.69. The van der Waals surface area contributed by atoms with Crippen LogP contribution in [0.5, 0.6) is 5.88 Å². The molecule has 0 radical (unpaired) electrons. The summed E-state index contributed by atoms with van der Waals surface area (Å²) >= 11 is 1.45. The Morgan fingerprint density at radius 1 is 1.38 bits per heavy atom. The zero-order chi connectivity index (χ0) is 8.93. The van der Waals surface area contributed by atoms with Gasteiger partial charge in [-0.3, -0.25) is 0 Å². The zero-order valence-electron chi connectivity index (χ0n) is 7.74. The third-order valence-corrected chi connectivity index (χ3v) is 3.15. The van der Waals surface area contributed by atoms with Crippen molar-refractivity contribution < 1.29 is 4.74 Å². The summed E-state index contributed by atoms with van der Waals surface area (Å²) in [7, 11) is 0. The first-order valence-corrected chi connectivity index (χ1v) is 5.82. The molecule has 0 bridgehead atoms. The van der Waals surface area contributed by atoms with Crippen LogP contribution in [0.3, 0.4) is 0 Å². The van der Waals surface area contributed by atoms with E-state index >= 15 is 0 Å². The number of rotatable bonds is 3. The molecule has 0 spiro atoms. The molecule has 2 nitrogen and oxygen atoms in total. The predicted molar refractivity (Wildman–Crippen MR) is 54.2 cm³/mol. The summed E-state index contributed by atoms with van der Waals surface area (Å²) in [5.74, 6) is 1.58. The van der Waals surface area contributed by atoms with E-state index in [4.69, 9.17) is 4.74 Å². The van der Waals surface area contributed by atoms with E-state index in [1.54, 1.807) is 0 Å². The minimum absolute atomic E-state index is 0.774. The quantitative estimate of drug-likeness (QED) is 0.742. The van der Waals surface area contributed by atoms with E-state index in [0.29, 0.717) is 0 Å². The Morgan fingerprint density at radius 3 is 2.92 bits per heavy atom. The van der Waals surface area contributed by atoms with Crippen LogP contribution in [0.15, 0.2) is 11.4 Å². The van der Waals surface area contributed by atoms with Crippen molar-refractivity contribution >= 4 is 11.5 Å². The van der Waals surface area contributed by atoms with Crippen LogP contribution < -0.4 is 4.74 Å². The Labute approximate surface area is 83.1 Å². The van der Waals surface area contributed by atoms with Crippen LogP contribution in [-0.4, -0.2) is 11.0 Å². The van der Waals surface area contributed by atoms with Crippen LogP contribution in [-0.2, 0) is 0 Å². The number of hydrogen-bond donors (Lipinski definition) is 0. The monoisotopic (exact) mass is 197 g/mol. The van der Waals surface area contributed by atoms with E-state index in [9.17, 15) is 0 Å². The van der Waals surface area contributed by atoms with Gasteiger partial charge in [-0.1, -0.05) is 19.3 Å².